The Labute approximate surface area is 223 Å². The molecule has 38 heavy (non-hydrogen) atoms. The molecule has 6 nitrogen and oxygen atoms in total. The van der Waals surface area contributed by atoms with E-state index in [1.165, 1.54) is 0 Å². The largest absolute Gasteiger partial charge is 0.507 e. The number of ether oxygens (including phenoxy) is 3. The second-order valence-electron chi connectivity index (χ2n) is 9.62. The van der Waals surface area contributed by atoms with Crippen molar-refractivity contribution in [3.63, 3.8) is 0 Å². The zero-order valence-corrected chi connectivity index (χ0v) is 22.2. The zero-order valence-electron chi connectivity index (χ0n) is 22.2. The number of Topliss-reactive ketones (excluding diaryl/α,β-unsaturated/α-hetero) is 1. The first kappa shape index (κ1) is 27.2. The fraction of sp³-hybridized carbons (Fsp3) is 0.281. The highest BCUT2D eigenvalue weighted by molar-refractivity contribution is 6.20. The van der Waals surface area contributed by atoms with E-state index in [9.17, 15) is 9.90 Å². The van der Waals surface area contributed by atoms with E-state index in [-0.39, 0.29) is 23.1 Å². The molecule has 1 aromatic rings. The number of allylic oxidation sites excluding steroid dienone is 8. The normalized spacial score (nSPS) is 22.4. The number of benzene rings is 1. The monoisotopic (exact) mass is 514 g/mol. The van der Waals surface area contributed by atoms with E-state index in [4.69, 9.17) is 14.2 Å². The summed E-state index contributed by atoms with van der Waals surface area (Å²) >= 11 is 0. The first-order chi connectivity index (χ1) is 18.0. The molecule has 3 N–H and O–H groups in total. The molecule has 0 spiro atoms. The van der Waals surface area contributed by atoms with Crippen molar-refractivity contribution in [2.24, 2.45) is 5.92 Å². The molecule has 2 aliphatic heterocycles. The van der Waals surface area contributed by atoms with Crippen molar-refractivity contribution in [2.75, 3.05) is 6.61 Å². The zero-order chi connectivity index (χ0) is 26.1. The van der Waals surface area contributed by atoms with E-state index in [1.807, 2.05) is 61.6 Å². The second-order valence-corrected chi connectivity index (χ2v) is 9.62. The lowest BCUT2D eigenvalue weighted by atomic mass is 9.74. The van der Waals surface area contributed by atoms with Crippen LogP contribution in [0, 0.1) is 5.92 Å². The van der Waals surface area contributed by atoms with Crippen molar-refractivity contribution < 1.29 is 29.6 Å². The minimum Gasteiger partial charge on any atom is -0.507 e. The molecule has 1 atom stereocenters. The van der Waals surface area contributed by atoms with E-state index in [0.717, 1.165) is 40.7 Å². The Bertz CT molecular complexity index is 1360. The van der Waals surface area contributed by atoms with Crippen LogP contribution in [0.5, 0.6) is 0 Å². The van der Waals surface area contributed by atoms with Gasteiger partial charge in [0.15, 0.2) is 5.78 Å². The van der Waals surface area contributed by atoms with Crippen LogP contribution in [0.4, 0.5) is 0 Å². The summed E-state index contributed by atoms with van der Waals surface area (Å²) in [7, 11) is 0. The first-order valence-corrected chi connectivity index (χ1v) is 12.9. The van der Waals surface area contributed by atoms with Gasteiger partial charge in [0, 0.05) is 33.4 Å². The molecule has 1 unspecified atom stereocenters. The molecule has 5 rings (SSSR count). The van der Waals surface area contributed by atoms with Gasteiger partial charge in [-0.15, -0.1) is 0 Å². The van der Waals surface area contributed by atoms with Crippen molar-refractivity contribution in [3.8, 4) is 0 Å². The number of hydrogen-bond acceptors (Lipinski definition) is 5. The number of aliphatic hydroxyl groups is 1. The minimum atomic E-state index is -0.352. The highest BCUT2D eigenvalue weighted by Gasteiger charge is 2.41. The Kier molecular flexibility index (Phi) is 8.05. The van der Waals surface area contributed by atoms with Crippen LogP contribution < -0.4 is 0 Å². The van der Waals surface area contributed by atoms with Crippen molar-refractivity contribution in [3.05, 3.63) is 123 Å². The quantitative estimate of drug-likeness (QED) is 0.447. The molecule has 0 saturated heterocycles. The van der Waals surface area contributed by atoms with Crippen LogP contribution in [0.1, 0.15) is 46.1 Å². The fourth-order valence-corrected chi connectivity index (χ4v) is 5.11. The van der Waals surface area contributed by atoms with Gasteiger partial charge in [0.25, 0.3) is 0 Å². The van der Waals surface area contributed by atoms with E-state index in [0.29, 0.717) is 40.8 Å². The molecule has 0 fully saturated rings. The second kappa shape index (κ2) is 11.3. The van der Waals surface area contributed by atoms with Gasteiger partial charge in [-0.3, -0.25) is 4.79 Å². The van der Waals surface area contributed by atoms with E-state index in [2.05, 4.69) is 13.8 Å². The molecule has 6 heteroatoms. The van der Waals surface area contributed by atoms with Crippen LogP contribution in [-0.2, 0) is 19.0 Å². The third-order valence-electron chi connectivity index (χ3n) is 7.48. The summed E-state index contributed by atoms with van der Waals surface area (Å²) in [5.41, 5.74) is 5.63. The number of carbonyl (C=O) groups excluding carboxylic acids is 1. The predicted octanol–water partition coefficient (Wildman–Crippen LogP) is 6.33. The summed E-state index contributed by atoms with van der Waals surface area (Å²) in [4.78, 5) is 13.1. The fourth-order valence-electron chi connectivity index (χ4n) is 5.11. The van der Waals surface area contributed by atoms with Gasteiger partial charge in [-0.05, 0) is 49.6 Å². The van der Waals surface area contributed by atoms with Crippen molar-refractivity contribution in [2.45, 2.75) is 46.6 Å². The summed E-state index contributed by atoms with van der Waals surface area (Å²) in [6.45, 7) is 8.56. The lowest BCUT2D eigenvalue weighted by molar-refractivity contribution is -0.113. The third kappa shape index (κ3) is 4.62. The van der Waals surface area contributed by atoms with E-state index < -0.39 is 0 Å². The van der Waals surface area contributed by atoms with Crippen LogP contribution in [0.25, 0.3) is 5.76 Å². The van der Waals surface area contributed by atoms with Gasteiger partial charge in [0.05, 0.1) is 24.7 Å². The molecule has 0 aromatic heterocycles. The summed E-state index contributed by atoms with van der Waals surface area (Å²) in [5, 5.41) is 10.9. The Morgan fingerprint density at radius 2 is 1.63 bits per heavy atom. The lowest BCUT2D eigenvalue weighted by Gasteiger charge is -2.36. The highest BCUT2D eigenvalue weighted by atomic mass is 16.5. The molecule has 0 saturated carbocycles. The van der Waals surface area contributed by atoms with Gasteiger partial charge in [0.1, 0.15) is 23.4 Å². The molecule has 4 aliphatic rings. The summed E-state index contributed by atoms with van der Waals surface area (Å²) < 4.78 is 18.4. The Morgan fingerprint density at radius 3 is 2.26 bits per heavy atom. The number of aliphatic hydroxyl groups excluding tert-OH is 1. The molecular weight excluding hydrogens is 480 g/mol. The van der Waals surface area contributed by atoms with Gasteiger partial charge in [-0.1, -0.05) is 57.0 Å². The van der Waals surface area contributed by atoms with Crippen LogP contribution in [0.2, 0.25) is 0 Å². The first-order valence-electron chi connectivity index (χ1n) is 12.9. The summed E-state index contributed by atoms with van der Waals surface area (Å²) in [6.07, 6.45) is 12.7. The molecule has 1 aromatic carbocycles. The SMILES string of the molecule is CCC(CC)COC1C=CC2=C(C(=C3C(=O)C(C)=C3O)C(C)=C(c3ccccc3)O2)C1=C1C=COC=C1.O. The van der Waals surface area contributed by atoms with Gasteiger partial charge in [-0.2, -0.15) is 0 Å². The van der Waals surface area contributed by atoms with Gasteiger partial charge >= 0.3 is 0 Å². The molecule has 0 amide bonds. The summed E-state index contributed by atoms with van der Waals surface area (Å²) in [5.74, 6) is 1.61. The molecule has 2 aliphatic carbocycles. The lowest BCUT2D eigenvalue weighted by Crippen LogP contribution is -2.29. The molecule has 198 valence electrons. The van der Waals surface area contributed by atoms with E-state index in [1.54, 1.807) is 19.4 Å². The summed E-state index contributed by atoms with van der Waals surface area (Å²) in [6, 6.07) is 9.82. The molecule has 0 radical (unpaired) electrons. The van der Waals surface area contributed by atoms with Crippen LogP contribution in [0.15, 0.2) is 118 Å². The number of rotatable bonds is 6. The molecule has 2 heterocycles. The highest BCUT2D eigenvalue weighted by Crippen LogP contribution is 2.49. The van der Waals surface area contributed by atoms with Crippen molar-refractivity contribution >= 4 is 11.5 Å². The van der Waals surface area contributed by atoms with Crippen LogP contribution in [-0.4, -0.2) is 29.1 Å². The maximum Gasteiger partial charge on any atom is 0.196 e. The maximum absolute atomic E-state index is 13.1. The van der Waals surface area contributed by atoms with Crippen molar-refractivity contribution in [1.82, 2.24) is 0 Å². The number of carbonyl (C=O) groups is 1. The van der Waals surface area contributed by atoms with Crippen LogP contribution >= 0.6 is 0 Å². The smallest absolute Gasteiger partial charge is 0.196 e. The van der Waals surface area contributed by atoms with Gasteiger partial charge in [-0.25, -0.2) is 0 Å². The average Bonchev–Trinajstić information content (AvgIpc) is 2.95. The van der Waals surface area contributed by atoms with Gasteiger partial charge < -0.3 is 24.8 Å². The Morgan fingerprint density at radius 1 is 0.947 bits per heavy atom. The van der Waals surface area contributed by atoms with Gasteiger partial charge in [0.2, 0.25) is 0 Å². The molecule has 0 bridgehead atoms. The van der Waals surface area contributed by atoms with E-state index >= 15 is 0 Å². The Hall–Kier alpha value is -3.87. The number of hydrogen-bond donors (Lipinski definition) is 1. The minimum absolute atomic E-state index is 0. The Balaban J connectivity index is 0.00000336. The predicted molar refractivity (Wildman–Crippen MR) is 147 cm³/mol. The molecular formula is C32H34O6. The third-order valence-corrected chi connectivity index (χ3v) is 7.48. The van der Waals surface area contributed by atoms with Crippen LogP contribution in [0.3, 0.4) is 0 Å². The topological polar surface area (TPSA) is 96.5 Å². The van der Waals surface area contributed by atoms with Crippen molar-refractivity contribution in [1.29, 1.82) is 0 Å². The number of ketones is 1. The maximum atomic E-state index is 13.1. The standard InChI is InChI=1S/C32H32O5.H2O/c1-5-21(6-2)18-36-24-12-13-25-28(27(24)22-14-16-35-17-15-22)26(29-30(33)20(4)31(29)34)19(3)32(37-25)23-10-8-7-9-11-23;/h7-17,21,24,33H,5-6,18H2,1-4H3;1H2. The average molecular weight is 515 g/mol.